The molecule has 6 heteroatoms. The summed E-state index contributed by atoms with van der Waals surface area (Å²) in [6.07, 6.45) is 3.08. The van der Waals surface area contributed by atoms with Gasteiger partial charge in [0.2, 0.25) is 0 Å². The standard InChI is InChI=1S/C12H22N2O4/c1-2-3-10(11(15)16)14-12(17)13-6-4-9-5-7-18-8-9/h9-10H,2-8H2,1H3,(H,15,16)(H2,13,14,17)/t9?,10-/m1/s1. The van der Waals surface area contributed by atoms with Crippen LogP contribution in [-0.2, 0) is 9.53 Å². The summed E-state index contributed by atoms with van der Waals surface area (Å²) in [5.74, 6) is -0.479. The Morgan fingerprint density at radius 1 is 1.50 bits per heavy atom. The zero-order chi connectivity index (χ0) is 13.4. The highest BCUT2D eigenvalue weighted by atomic mass is 16.5. The van der Waals surface area contributed by atoms with Gasteiger partial charge >= 0.3 is 12.0 Å². The molecule has 0 aromatic carbocycles. The van der Waals surface area contributed by atoms with Crippen molar-refractivity contribution in [3.63, 3.8) is 0 Å². The van der Waals surface area contributed by atoms with E-state index in [0.29, 0.717) is 18.9 Å². The minimum atomic E-state index is -0.990. The highest BCUT2D eigenvalue weighted by molar-refractivity contribution is 5.82. The number of carbonyl (C=O) groups is 2. The van der Waals surface area contributed by atoms with Crippen LogP contribution in [0.25, 0.3) is 0 Å². The van der Waals surface area contributed by atoms with Crippen molar-refractivity contribution in [3.05, 3.63) is 0 Å². The van der Waals surface area contributed by atoms with Gasteiger partial charge in [-0.2, -0.15) is 0 Å². The number of nitrogens with one attached hydrogen (secondary N) is 2. The van der Waals surface area contributed by atoms with Gasteiger partial charge in [0.05, 0.1) is 0 Å². The Morgan fingerprint density at radius 3 is 2.83 bits per heavy atom. The van der Waals surface area contributed by atoms with Crippen LogP contribution >= 0.6 is 0 Å². The molecule has 1 rings (SSSR count). The molecule has 0 bridgehead atoms. The van der Waals surface area contributed by atoms with E-state index in [9.17, 15) is 9.59 Å². The first-order valence-electron chi connectivity index (χ1n) is 6.48. The predicted octanol–water partition coefficient (Wildman–Crippen LogP) is 0.966. The molecule has 0 aromatic rings. The third-order valence-corrected chi connectivity index (χ3v) is 3.04. The average molecular weight is 258 g/mol. The van der Waals surface area contributed by atoms with E-state index in [1.165, 1.54) is 0 Å². The maximum absolute atomic E-state index is 11.5. The molecule has 0 radical (unpaired) electrons. The molecule has 1 unspecified atom stereocenters. The highest BCUT2D eigenvalue weighted by Crippen LogP contribution is 2.14. The Morgan fingerprint density at radius 2 is 2.28 bits per heavy atom. The molecule has 1 aliphatic heterocycles. The fraction of sp³-hybridized carbons (Fsp3) is 0.833. The van der Waals surface area contributed by atoms with Gasteiger partial charge in [-0.1, -0.05) is 13.3 Å². The van der Waals surface area contributed by atoms with Crippen molar-refractivity contribution in [2.45, 2.75) is 38.6 Å². The van der Waals surface area contributed by atoms with Crippen LogP contribution in [0.3, 0.4) is 0 Å². The van der Waals surface area contributed by atoms with Crippen LogP contribution < -0.4 is 10.6 Å². The van der Waals surface area contributed by atoms with Crippen molar-refractivity contribution in [1.82, 2.24) is 10.6 Å². The van der Waals surface area contributed by atoms with Crippen molar-refractivity contribution in [2.75, 3.05) is 19.8 Å². The van der Waals surface area contributed by atoms with Gasteiger partial charge in [0.1, 0.15) is 6.04 Å². The van der Waals surface area contributed by atoms with Crippen LogP contribution in [0.2, 0.25) is 0 Å². The molecule has 2 atom stereocenters. The maximum Gasteiger partial charge on any atom is 0.326 e. The van der Waals surface area contributed by atoms with Gasteiger partial charge in [0.15, 0.2) is 0 Å². The molecular weight excluding hydrogens is 236 g/mol. The summed E-state index contributed by atoms with van der Waals surface area (Å²) >= 11 is 0. The molecule has 18 heavy (non-hydrogen) atoms. The average Bonchev–Trinajstić information content (AvgIpc) is 2.81. The van der Waals surface area contributed by atoms with Gasteiger partial charge < -0.3 is 20.5 Å². The summed E-state index contributed by atoms with van der Waals surface area (Å²) in [5.41, 5.74) is 0. The number of carbonyl (C=O) groups excluding carboxylic acids is 1. The third kappa shape index (κ3) is 5.35. The first-order chi connectivity index (χ1) is 8.63. The zero-order valence-electron chi connectivity index (χ0n) is 10.8. The number of ether oxygens (including phenoxy) is 1. The second kappa shape index (κ2) is 7.92. The van der Waals surface area contributed by atoms with Crippen molar-refractivity contribution >= 4 is 12.0 Å². The maximum atomic E-state index is 11.5. The molecule has 0 aromatic heterocycles. The molecule has 1 aliphatic rings. The lowest BCUT2D eigenvalue weighted by Crippen LogP contribution is -2.46. The summed E-state index contributed by atoms with van der Waals surface area (Å²) in [5, 5.41) is 14.0. The van der Waals surface area contributed by atoms with Crippen LogP contribution in [0.1, 0.15) is 32.6 Å². The van der Waals surface area contributed by atoms with E-state index in [2.05, 4.69) is 10.6 Å². The molecule has 1 heterocycles. The Bertz CT molecular complexity index is 277. The fourth-order valence-electron chi connectivity index (χ4n) is 1.96. The topological polar surface area (TPSA) is 87.7 Å². The van der Waals surface area contributed by atoms with E-state index in [-0.39, 0.29) is 0 Å². The summed E-state index contributed by atoms with van der Waals surface area (Å²) in [4.78, 5) is 22.3. The normalized spacial score (nSPS) is 20.4. The van der Waals surface area contributed by atoms with Gasteiger partial charge in [-0.25, -0.2) is 9.59 Å². The van der Waals surface area contributed by atoms with Crippen LogP contribution in [-0.4, -0.2) is 42.9 Å². The van der Waals surface area contributed by atoms with E-state index in [1.807, 2.05) is 6.92 Å². The molecule has 0 spiro atoms. The number of aliphatic carboxylic acids is 1. The summed E-state index contributed by atoms with van der Waals surface area (Å²) in [7, 11) is 0. The Labute approximate surface area is 107 Å². The van der Waals surface area contributed by atoms with E-state index in [1.54, 1.807) is 0 Å². The van der Waals surface area contributed by atoms with E-state index in [0.717, 1.165) is 32.5 Å². The predicted molar refractivity (Wildman–Crippen MR) is 66.4 cm³/mol. The van der Waals surface area contributed by atoms with Crippen LogP contribution in [0.5, 0.6) is 0 Å². The molecule has 2 amide bonds. The number of urea groups is 1. The van der Waals surface area contributed by atoms with Gasteiger partial charge in [-0.05, 0) is 25.2 Å². The fourth-order valence-corrected chi connectivity index (χ4v) is 1.96. The quantitative estimate of drug-likeness (QED) is 0.635. The van der Waals surface area contributed by atoms with Crippen LogP contribution in [0.15, 0.2) is 0 Å². The summed E-state index contributed by atoms with van der Waals surface area (Å²) in [6.45, 7) is 4.00. The molecule has 0 aliphatic carbocycles. The van der Waals surface area contributed by atoms with Gasteiger partial charge in [-0.3, -0.25) is 0 Å². The van der Waals surface area contributed by atoms with Gasteiger partial charge in [-0.15, -0.1) is 0 Å². The van der Waals surface area contributed by atoms with Crippen LogP contribution in [0.4, 0.5) is 4.79 Å². The number of hydrogen-bond donors (Lipinski definition) is 3. The number of carboxylic acids is 1. The lowest BCUT2D eigenvalue weighted by molar-refractivity contribution is -0.139. The minimum Gasteiger partial charge on any atom is -0.480 e. The molecular formula is C12H22N2O4. The van der Waals surface area contributed by atoms with Crippen molar-refractivity contribution in [1.29, 1.82) is 0 Å². The van der Waals surface area contributed by atoms with Crippen LogP contribution in [0, 0.1) is 5.92 Å². The highest BCUT2D eigenvalue weighted by Gasteiger charge is 2.19. The van der Waals surface area contributed by atoms with Crippen molar-refractivity contribution in [3.8, 4) is 0 Å². The Hall–Kier alpha value is -1.30. The lowest BCUT2D eigenvalue weighted by Gasteiger charge is -2.15. The second-order valence-electron chi connectivity index (χ2n) is 4.60. The molecule has 104 valence electrons. The minimum absolute atomic E-state index is 0.408. The zero-order valence-corrected chi connectivity index (χ0v) is 10.8. The molecule has 1 saturated heterocycles. The monoisotopic (exact) mass is 258 g/mol. The lowest BCUT2D eigenvalue weighted by atomic mass is 10.1. The Kier molecular flexibility index (Phi) is 6.49. The third-order valence-electron chi connectivity index (χ3n) is 3.04. The number of hydrogen-bond acceptors (Lipinski definition) is 3. The summed E-state index contributed by atoms with van der Waals surface area (Å²) < 4.78 is 5.24. The molecule has 6 nitrogen and oxygen atoms in total. The van der Waals surface area contributed by atoms with Gasteiger partial charge in [0.25, 0.3) is 0 Å². The van der Waals surface area contributed by atoms with Crippen molar-refractivity contribution in [2.24, 2.45) is 5.92 Å². The first kappa shape index (κ1) is 14.8. The molecule has 0 saturated carbocycles. The second-order valence-corrected chi connectivity index (χ2v) is 4.60. The van der Waals surface area contributed by atoms with Gasteiger partial charge in [0, 0.05) is 19.8 Å². The number of carboxylic acid groups (broad SMARTS) is 1. The SMILES string of the molecule is CCC[C@@H](NC(=O)NCCC1CCOC1)C(=O)O. The number of amides is 2. The number of rotatable bonds is 7. The van der Waals surface area contributed by atoms with Crippen molar-refractivity contribution < 1.29 is 19.4 Å². The Balaban J connectivity index is 2.16. The van der Waals surface area contributed by atoms with E-state index >= 15 is 0 Å². The molecule has 3 N–H and O–H groups in total. The van der Waals surface area contributed by atoms with E-state index in [4.69, 9.17) is 9.84 Å². The van der Waals surface area contributed by atoms with E-state index < -0.39 is 18.0 Å². The summed E-state index contributed by atoms with van der Waals surface area (Å²) in [6, 6.07) is -1.21. The largest absolute Gasteiger partial charge is 0.480 e. The molecule has 1 fully saturated rings. The smallest absolute Gasteiger partial charge is 0.326 e. The first-order valence-corrected chi connectivity index (χ1v) is 6.48.